The van der Waals surface area contributed by atoms with Crippen molar-refractivity contribution in [3.63, 3.8) is 0 Å². The lowest BCUT2D eigenvalue weighted by Crippen LogP contribution is -2.30. The van der Waals surface area contributed by atoms with Crippen LogP contribution in [0.1, 0.15) is 0 Å². The van der Waals surface area contributed by atoms with E-state index in [-0.39, 0.29) is 9.79 Å². The van der Waals surface area contributed by atoms with Crippen LogP contribution in [-0.2, 0) is 20.0 Å². The zero-order valence-electron chi connectivity index (χ0n) is 12.1. The smallest absolute Gasteiger partial charge is 0.253 e. The van der Waals surface area contributed by atoms with Crippen LogP contribution in [0, 0.1) is 0 Å². The topological polar surface area (TPSA) is 128 Å². The number of hydrazine groups is 1. The molecular formula is C13H15N3O5S2. The van der Waals surface area contributed by atoms with E-state index in [2.05, 4.69) is 4.72 Å². The predicted octanol–water partition coefficient (Wildman–Crippen LogP) is 0.539. The molecule has 0 saturated heterocycles. The second-order valence-electron chi connectivity index (χ2n) is 4.37. The van der Waals surface area contributed by atoms with Crippen molar-refractivity contribution in [1.29, 1.82) is 0 Å². The summed E-state index contributed by atoms with van der Waals surface area (Å²) in [4.78, 5) is 1.84. The van der Waals surface area contributed by atoms with Crippen molar-refractivity contribution in [3.05, 3.63) is 48.5 Å². The number of hydrogen-bond donors (Lipinski definition) is 3. The Labute approximate surface area is 134 Å². The Morgan fingerprint density at radius 3 is 1.52 bits per heavy atom. The third-order valence-electron chi connectivity index (χ3n) is 2.93. The van der Waals surface area contributed by atoms with Crippen molar-refractivity contribution in [2.75, 3.05) is 7.05 Å². The van der Waals surface area contributed by atoms with Crippen LogP contribution in [0.3, 0.4) is 0 Å². The minimum absolute atomic E-state index is 0.00260. The Kier molecular flexibility index (Phi) is 5.02. The normalized spacial score (nSPS) is 12.1. The number of benzene rings is 2. The van der Waals surface area contributed by atoms with Crippen molar-refractivity contribution in [2.45, 2.75) is 9.79 Å². The summed E-state index contributed by atoms with van der Waals surface area (Å²) in [6, 6.07) is 11.4. The van der Waals surface area contributed by atoms with Crippen molar-refractivity contribution < 1.29 is 21.6 Å². The molecule has 4 N–H and O–H groups in total. The SMILES string of the molecule is CNS(=O)(=O)c1ccc(Oc2ccc(S(=O)(=O)NN)cc2)cc1. The molecule has 0 radical (unpaired) electrons. The molecule has 23 heavy (non-hydrogen) atoms. The van der Waals surface area contributed by atoms with Gasteiger partial charge in [0, 0.05) is 0 Å². The van der Waals surface area contributed by atoms with Crippen molar-refractivity contribution in [2.24, 2.45) is 5.84 Å². The zero-order chi connectivity index (χ0) is 17.1. The highest BCUT2D eigenvalue weighted by molar-refractivity contribution is 7.89. The molecule has 2 rings (SSSR count). The average molecular weight is 357 g/mol. The highest BCUT2D eigenvalue weighted by atomic mass is 32.2. The van der Waals surface area contributed by atoms with E-state index in [1.54, 1.807) is 4.83 Å². The summed E-state index contributed by atoms with van der Waals surface area (Å²) < 4.78 is 53.9. The van der Waals surface area contributed by atoms with Gasteiger partial charge in [-0.15, -0.1) is 0 Å². The van der Waals surface area contributed by atoms with Gasteiger partial charge in [0.05, 0.1) is 9.79 Å². The first-order valence-corrected chi connectivity index (χ1v) is 9.29. The van der Waals surface area contributed by atoms with Crippen LogP contribution in [0.2, 0.25) is 0 Å². The van der Waals surface area contributed by atoms with E-state index in [1.165, 1.54) is 55.6 Å². The summed E-state index contributed by atoms with van der Waals surface area (Å²) in [5.41, 5.74) is 0. The van der Waals surface area contributed by atoms with Crippen LogP contribution in [0.4, 0.5) is 0 Å². The van der Waals surface area contributed by atoms with Gasteiger partial charge in [0.15, 0.2) is 0 Å². The Morgan fingerprint density at radius 2 is 1.17 bits per heavy atom. The molecule has 0 unspecified atom stereocenters. The van der Waals surface area contributed by atoms with E-state index in [1.807, 2.05) is 0 Å². The second-order valence-corrected chi connectivity index (χ2v) is 7.97. The van der Waals surface area contributed by atoms with Gasteiger partial charge in [-0.05, 0) is 55.6 Å². The fourth-order valence-corrected chi connectivity index (χ4v) is 3.06. The molecule has 0 bridgehead atoms. The van der Waals surface area contributed by atoms with Crippen molar-refractivity contribution in [3.8, 4) is 11.5 Å². The molecule has 0 fully saturated rings. The van der Waals surface area contributed by atoms with Crippen LogP contribution < -0.4 is 20.1 Å². The van der Waals surface area contributed by atoms with E-state index < -0.39 is 20.0 Å². The molecule has 0 aliphatic rings. The number of nitrogens with two attached hydrogens (primary N) is 1. The average Bonchev–Trinajstić information content (AvgIpc) is 2.56. The number of rotatable bonds is 6. The van der Waals surface area contributed by atoms with Crippen molar-refractivity contribution in [1.82, 2.24) is 9.55 Å². The fourth-order valence-electron chi connectivity index (χ4n) is 1.70. The minimum atomic E-state index is -3.71. The van der Waals surface area contributed by atoms with Gasteiger partial charge in [-0.1, -0.05) is 0 Å². The second kappa shape index (κ2) is 6.64. The first-order chi connectivity index (χ1) is 10.8. The van der Waals surface area contributed by atoms with Gasteiger partial charge in [0.1, 0.15) is 11.5 Å². The maximum atomic E-state index is 11.6. The third kappa shape index (κ3) is 4.06. The summed E-state index contributed by atoms with van der Waals surface area (Å²) in [5, 5.41) is 0. The molecule has 10 heteroatoms. The Hall–Kier alpha value is -1.98. The number of ether oxygens (including phenoxy) is 1. The van der Waals surface area contributed by atoms with Gasteiger partial charge >= 0.3 is 0 Å². The van der Waals surface area contributed by atoms with E-state index in [9.17, 15) is 16.8 Å². The quantitative estimate of drug-likeness (QED) is 0.511. The number of nitrogens with one attached hydrogen (secondary N) is 2. The van der Waals surface area contributed by atoms with Gasteiger partial charge in [-0.25, -0.2) is 21.6 Å². The van der Waals surface area contributed by atoms with Crippen LogP contribution in [0.15, 0.2) is 58.3 Å². The highest BCUT2D eigenvalue weighted by Gasteiger charge is 2.12. The molecule has 0 amide bonds. The lowest BCUT2D eigenvalue weighted by atomic mass is 10.3. The molecule has 0 aliphatic carbocycles. The standard InChI is InChI=1S/C13H15N3O5S2/c1-15-22(17,18)12-6-2-10(3-7-12)21-11-4-8-13(9-5-11)23(19,20)16-14/h2-9,15-16H,14H2,1H3. The van der Waals surface area contributed by atoms with Gasteiger partial charge in [0.2, 0.25) is 10.0 Å². The maximum absolute atomic E-state index is 11.6. The van der Waals surface area contributed by atoms with Crippen LogP contribution in [-0.4, -0.2) is 23.9 Å². The molecule has 2 aromatic rings. The molecule has 0 aromatic heterocycles. The van der Waals surface area contributed by atoms with Crippen molar-refractivity contribution >= 4 is 20.0 Å². The summed E-state index contributed by atoms with van der Waals surface area (Å²) in [5.74, 6) is 5.74. The van der Waals surface area contributed by atoms with E-state index in [0.717, 1.165) is 0 Å². The van der Waals surface area contributed by atoms with Gasteiger partial charge in [0.25, 0.3) is 10.0 Å². The first-order valence-electron chi connectivity index (χ1n) is 6.32. The molecule has 124 valence electrons. The van der Waals surface area contributed by atoms with E-state index >= 15 is 0 Å². The molecule has 0 saturated carbocycles. The largest absolute Gasteiger partial charge is 0.457 e. The number of hydrogen-bond acceptors (Lipinski definition) is 6. The molecule has 0 spiro atoms. The van der Waals surface area contributed by atoms with E-state index in [4.69, 9.17) is 10.6 Å². The Balaban J connectivity index is 2.17. The molecule has 8 nitrogen and oxygen atoms in total. The molecule has 0 aliphatic heterocycles. The van der Waals surface area contributed by atoms with Gasteiger partial charge in [-0.2, -0.15) is 4.83 Å². The molecule has 0 heterocycles. The summed E-state index contributed by atoms with van der Waals surface area (Å²) >= 11 is 0. The Bertz CT molecular complexity index is 801. The maximum Gasteiger partial charge on any atom is 0.253 e. The monoisotopic (exact) mass is 357 g/mol. The lowest BCUT2D eigenvalue weighted by Gasteiger charge is -2.08. The van der Waals surface area contributed by atoms with Crippen LogP contribution in [0.25, 0.3) is 0 Å². The van der Waals surface area contributed by atoms with Gasteiger partial charge < -0.3 is 4.74 Å². The summed E-state index contributed by atoms with van der Waals surface area (Å²) in [6.07, 6.45) is 0. The third-order valence-corrected chi connectivity index (χ3v) is 5.56. The molecular weight excluding hydrogens is 342 g/mol. The van der Waals surface area contributed by atoms with E-state index in [0.29, 0.717) is 11.5 Å². The van der Waals surface area contributed by atoms with Crippen LogP contribution in [0.5, 0.6) is 11.5 Å². The minimum Gasteiger partial charge on any atom is -0.457 e. The molecule has 2 aromatic carbocycles. The van der Waals surface area contributed by atoms with Gasteiger partial charge in [-0.3, -0.25) is 5.84 Å². The fraction of sp³-hybridized carbons (Fsp3) is 0.0769. The highest BCUT2D eigenvalue weighted by Crippen LogP contribution is 2.24. The zero-order valence-corrected chi connectivity index (χ0v) is 13.7. The lowest BCUT2D eigenvalue weighted by molar-refractivity contribution is 0.481. The first kappa shape index (κ1) is 17.4. The number of sulfonamides is 2. The Morgan fingerprint density at radius 1 is 0.783 bits per heavy atom. The molecule has 0 atom stereocenters. The van der Waals surface area contributed by atoms with Crippen LogP contribution >= 0.6 is 0 Å². The predicted molar refractivity (Wildman–Crippen MR) is 83.7 cm³/mol. The summed E-state index contributed by atoms with van der Waals surface area (Å²) in [6.45, 7) is 0. The summed E-state index contributed by atoms with van der Waals surface area (Å²) in [7, 11) is -5.89.